The Morgan fingerprint density at radius 2 is 1.24 bits per heavy atom. The Bertz CT molecular complexity index is 1570. The van der Waals surface area contributed by atoms with Gasteiger partial charge in [0, 0.05) is 30.4 Å². The monoisotopic (exact) mass is 670 g/mol. The molecular formula is C38H46N4O7. The van der Waals surface area contributed by atoms with E-state index in [4.69, 9.17) is 25.4 Å². The van der Waals surface area contributed by atoms with Crippen LogP contribution in [0.4, 0.5) is 0 Å². The summed E-state index contributed by atoms with van der Waals surface area (Å²) in [7, 11) is 0. The molecule has 49 heavy (non-hydrogen) atoms. The van der Waals surface area contributed by atoms with Gasteiger partial charge in [-0.1, -0.05) is 66.7 Å². The first-order valence-electron chi connectivity index (χ1n) is 16.6. The van der Waals surface area contributed by atoms with Crippen molar-refractivity contribution in [1.29, 1.82) is 0 Å². The van der Waals surface area contributed by atoms with E-state index >= 15 is 0 Å². The van der Waals surface area contributed by atoms with E-state index in [-0.39, 0.29) is 48.8 Å². The van der Waals surface area contributed by atoms with Gasteiger partial charge in [-0.05, 0) is 66.8 Å². The average Bonchev–Trinajstić information content (AvgIpc) is 4.07. The number of pyridine rings is 2. The standard InChI is InChI=1S/C19H22N2O3.C10H10O2.C9H14N2O2/c1-2-24-18-9-8-14(11-20-18)17(12-22)21-19(23)16-10-15(16)13-6-4-3-5-7-13;11-10(12)9-6-8(9)7-4-2-1-3-5-7;1-2-13-9-4-3-7(5-11-9)8(10)6-12/h3-9,11,15-17,22H,2,10,12H2,1H3,(H,21,23);1-5,8-9H,6H2,(H,11,12);3-5,8,12H,2,6,10H2,1H3/t15-,16+,17+;8-,9+;8-/m110/s1. The zero-order valence-corrected chi connectivity index (χ0v) is 27.9. The van der Waals surface area contributed by atoms with E-state index in [1.165, 1.54) is 5.56 Å². The summed E-state index contributed by atoms with van der Waals surface area (Å²) in [5.41, 5.74) is 9.52. The van der Waals surface area contributed by atoms with Gasteiger partial charge in [0.2, 0.25) is 17.7 Å². The number of nitrogens with two attached hydrogens (primary N) is 1. The molecule has 0 bridgehead atoms. The van der Waals surface area contributed by atoms with Crippen LogP contribution in [0.25, 0.3) is 0 Å². The fraction of sp³-hybridized carbons (Fsp3) is 0.368. The lowest BCUT2D eigenvalue weighted by Gasteiger charge is -2.17. The Balaban J connectivity index is 0.000000182. The highest BCUT2D eigenvalue weighted by Gasteiger charge is 2.44. The number of carboxylic acid groups (broad SMARTS) is 1. The quantitative estimate of drug-likeness (QED) is 0.133. The zero-order valence-electron chi connectivity index (χ0n) is 27.9. The van der Waals surface area contributed by atoms with Crippen LogP contribution < -0.4 is 20.5 Å². The maximum absolute atomic E-state index is 12.4. The maximum atomic E-state index is 12.4. The van der Waals surface area contributed by atoms with E-state index < -0.39 is 12.0 Å². The third-order valence-corrected chi connectivity index (χ3v) is 8.32. The van der Waals surface area contributed by atoms with Crippen molar-refractivity contribution in [3.63, 3.8) is 0 Å². The summed E-state index contributed by atoms with van der Waals surface area (Å²) < 4.78 is 10.5. The molecule has 11 nitrogen and oxygen atoms in total. The number of hydrogen-bond donors (Lipinski definition) is 5. The van der Waals surface area contributed by atoms with Crippen molar-refractivity contribution in [3.8, 4) is 11.8 Å². The van der Waals surface area contributed by atoms with Gasteiger partial charge in [-0.25, -0.2) is 9.97 Å². The Kier molecular flexibility index (Phi) is 14.1. The maximum Gasteiger partial charge on any atom is 0.307 e. The lowest BCUT2D eigenvalue weighted by Crippen LogP contribution is -2.32. The molecule has 1 amide bonds. The van der Waals surface area contributed by atoms with Crippen molar-refractivity contribution in [3.05, 3.63) is 120 Å². The summed E-state index contributed by atoms with van der Waals surface area (Å²) in [6.45, 7) is 4.70. The van der Waals surface area contributed by atoms with E-state index in [1.807, 2.05) is 68.4 Å². The number of aliphatic carboxylic acids is 1. The Labute approximate surface area is 287 Å². The Hall–Kier alpha value is -4.84. The lowest BCUT2D eigenvalue weighted by atomic mass is 10.1. The van der Waals surface area contributed by atoms with Gasteiger partial charge in [0.25, 0.3) is 0 Å². The highest BCUT2D eigenvalue weighted by molar-refractivity contribution is 5.83. The molecule has 0 aliphatic heterocycles. The van der Waals surface area contributed by atoms with E-state index in [9.17, 15) is 14.7 Å². The van der Waals surface area contributed by atoms with Gasteiger partial charge in [-0.2, -0.15) is 0 Å². The summed E-state index contributed by atoms with van der Waals surface area (Å²) >= 11 is 0. The molecule has 0 radical (unpaired) electrons. The number of aromatic nitrogens is 2. The van der Waals surface area contributed by atoms with E-state index in [0.29, 0.717) is 25.0 Å². The van der Waals surface area contributed by atoms with Crippen molar-refractivity contribution in [2.75, 3.05) is 26.4 Å². The molecule has 2 aromatic heterocycles. The second kappa shape index (κ2) is 18.6. The normalized spacial score (nSPS) is 19.8. The summed E-state index contributed by atoms with van der Waals surface area (Å²) in [4.78, 5) is 31.2. The number of aliphatic hydroxyl groups excluding tert-OH is 2. The highest BCUT2D eigenvalue weighted by Crippen LogP contribution is 2.48. The van der Waals surface area contributed by atoms with Gasteiger partial charge < -0.3 is 35.8 Å². The van der Waals surface area contributed by atoms with Gasteiger partial charge in [-0.3, -0.25) is 9.59 Å². The molecular weight excluding hydrogens is 624 g/mol. The molecule has 2 aliphatic rings. The molecule has 2 aliphatic carbocycles. The van der Waals surface area contributed by atoms with Crippen molar-refractivity contribution >= 4 is 11.9 Å². The van der Waals surface area contributed by atoms with Crippen molar-refractivity contribution in [1.82, 2.24) is 15.3 Å². The summed E-state index contributed by atoms with van der Waals surface area (Å²) in [6.07, 6.45) is 4.91. The zero-order chi connectivity index (χ0) is 35.2. The van der Waals surface area contributed by atoms with Gasteiger partial charge in [0.05, 0.1) is 44.4 Å². The van der Waals surface area contributed by atoms with Crippen LogP contribution >= 0.6 is 0 Å². The predicted octanol–water partition coefficient (Wildman–Crippen LogP) is 4.78. The fourth-order valence-electron chi connectivity index (χ4n) is 5.38. The van der Waals surface area contributed by atoms with Crippen LogP contribution in [-0.2, 0) is 9.59 Å². The van der Waals surface area contributed by atoms with Crippen LogP contribution in [0.5, 0.6) is 11.8 Å². The van der Waals surface area contributed by atoms with Crippen LogP contribution in [0.15, 0.2) is 97.3 Å². The molecule has 6 atom stereocenters. The number of carbonyl (C=O) groups is 2. The summed E-state index contributed by atoms with van der Waals surface area (Å²) in [5, 5.41) is 30.0. The minimum atomic E-state index is -0.663. The first-order valence-corrected chi connectivity index (χ1v) is 16.6. The number of benzene rings is 2. The van der Waals surface area contributed by atoms with Crippen LogP contribution in [0.2, 0.25) is 0 Å². The topological polar surface area (TPSA) is 177 Å². The first kappa shape index (κ1) is 37.0. The molecule has 0 saturated heterocycles. The minimum absolute atomic E-state index is 0.0166. The smallest absolute Gasteiger partial charge is 0.307 e. The van der Waals surface area contributed by atoms with Gasteiger partial charge >= 0.3 is 5.97 Å². The Morgan fingerprint density at radius 3 is 1.65 bits per heavy atom. The fourth-order valence-corrected chi connectivity index (χ4v) is 5.38. The second-order valence-electron chi connectivity index (χ2n) is 11.8. The number of hydrogen-bond acceptors (Lipinski definition) is 9. The van der Waals surface area contributed by atoms with Gasteiger partial charge in [0.1, 0.15) is 0 Å². The first-order chi connectivity index (χ1) is 23.8. The third kappa shape index (κ3) is 11.1. The van der Waals surface area contributed by atoms with Crippen molar-refractivity contribution in [2.24, 2.45) is 17.6 Å². The second-order valence-corrected chi connectivity index (χ2v) is 11.8. The highest BCUT2D eigenvalue weighted by atomic mass is 16.5. The van der Waals surface area contributed by atoms with Gasteiger partial charge in [-0.15, -0.1) is 0 Å². The molecule has 0 spiro atoms. The molecule has 2 heterocycles. The number of carbonyl (C=O) groups excluding carboxylic acids is 1. The van der Waals surface area contributed by atoms with Crippen LogP contribution in [0.1, 0.15) is 72.9 Å². The number of aliphatic hydroxyl groups is 2. The predicted molar refractivity (Wildman–Crippen MR) is 185 cm³/mol. The molecule has 260 valence electrons. The molecule has 2 aromatic carbocycles. The number of carboxylic acids is 1. The van der Waals surface area contributed by atoms with E-state index in [1.54, 1.807) is 30.6 Å². The lowest BCUT2D eigenvalue weighted by molar-refractivity contribution is -0.138. The molecule has 11 heteroatoms. The molecule has 0 unspecified atom stereocenters. The van der Waals surface area contributed by atoms with Gasteiger partial charge in [0.15, 0.2) is 0 Å². The molecule has 6 rings (SSSR count). The SMILES string of the molecule is CCOc1ccc([C@@H](N)CO)cn1.CCOc1ccc([C@H](CO)NC(=O)[C@H]2C[C@@H]2c2ccccc2)cn1.O=C(O)[C@H]1C[C@@H]1c1ccccc1. The summed E-state index contributed by atoms with van der Waals surface area (Å²) in [6, 6.07) is 26.2. The largest absolute Gasteiger partial charge is 0.481 e. The Morgan fingerprint density at radius 1 is 0.755 bits per heavy atom. The molecule has 4 aromatic rings. The number of nitrogens with one attached hydrogen (secondary N) is 1. The number of nitrogens with zero attached hydrogens (tertiary/aromatic N) is 2. The van der Waals surface area contributed by atoms with E-state index in [2.05, 4.69) is 27.4 Å². The summed E-state index contributed by atoms with van der Waals surface area (Å²) in [5.74, 6) is 0.838. The molecule has 6 N–H and O–H groups in total. The average molecular weight is 671 g/mol. The molecule has 2 saturated carbocycles. The third-order valence-electron chi connectivity index (χ3n) is 8.32. The minimum Gasteiger partial charge on any atom is -0.481 e. The number of rotatable bonds is 13. The van der Waals surface area contributed by atoms with Crippen LogP contribution in [0, 0.1) is 11.8 Å². The number of amides is 1. The van der Waals surface area contributed by atoms with Crippen molar-refractivity contribution in [2.45, 2.75) is 50.6 Å². The number of ether oxygens (including phenoxy) is 2. The van der Waals surface area contributed by atoms with Crippen molar-refractivity contribution < 1.29 is 34.4 Å². The van der Waals surface area contributed by atoms with Crippen LogP contribution in [-0.4, -0.2) is 63.6 Å². The molecule has 2 fully saturated rings. The van der Waals surface area contributed by atoms with Crippen LogP contribution in [0.3, 0.4) is 0 Å². The van der Waals surface area contributed by atoms with E-state index in [0.717, 1.165) is 29.5 Å².